The van der Waals surface area contributed by atoms with Gasteiger partial charge in [0.2, 0.25) is 0 Å². The van der Waals surface area contributed by atoms with Crippen LogP contribution in [-0.4, -0.2) is 61.0 Å². The van der Waals surface area contributed by atoms with E-state index < -0.39 is 0 Å². The maximum absolute atomic E-state index is 12.6. The van der Waals surface area contributed by atoms with Crippen molar-refractivity contribution in [2.24, 2.45) is 0 Å². The van der Waals surface area contributed by atoms with Crippen molar-refractivity contribution in [2.75, 3.05) is 39.4 Å². The Kier molecular flexibility index (Phi) is 7.44. The molecule has 6 nitrogen and oxygen atoms in total. The van der Waals surface area contributed by atoms with Crippen molar-refractivity contribution in [1.82, 2.24) is 9.80 Å². The van der Waals surface area contributed by atoms with Crippen LogP contribution in [0.15, 0.2) is 24.3 Å². The largest absolute Gasteiger partial charge is 0.483 e. The summed E-state index contributed by atoms with van der Waals surface area (Å²) in [5.41, 5.74) is 6.46. The highest BCUT2D eigenvalue weighted by molar-refractivity contribution is 5.80. The molecule has 0 N–H and O–H groups in total. The average molecular weight is 439 g/mol. The highest BCUT2D eigenvalue weighted by atomic mass is 16.5. The number of amides is 2. The lowest BCUT2D eigenvalue weighted by molar-refractivity contribution is -0.141. The van der Waals surface area contributed by atoms with Crippen LogP contribution < -0.4 is 9.47 Å². The van der Waals surface area contributed by atoms with E-state index in [0.29, 0.717) is 26.2 Å². The van der Waals surface area contributed by atoms with Crippen molar-refractivity contribution in [3.63, 3.8) is 0 Å². The average Bonchev–Trinajstić information content (AvgIpc) is 2.78. The fraction of sp³-hybridized carbons (Fsp3) is 0.462. The fourth-order valence-electron chi connectivity index (χ4n) is 3.95. The van der Waals surface area contributed by atoms with Gasteiger partial charge in [-0.2, -0.15) is 0 Å². The number of piperazine rings is 1. The molecular formula is C26H34N2O4. The molecule has 0 spiro atoms. The summed E-state index contributed by atoms with van der Waals surface area (Å²) in [5, 5.41) is 0. The normalized spacial score (nSPS) is 13.8. The molecule has 0 saturated carbocycles. The summed E-state index contributed by atoms with van der Waals surface area (Å²) >= 11 is 0. The van der Waals surface area contributed by atoms with Crippen LogP contribution in [0.3, 0.4) is 0 Å². The van der Waals surface area contributed by atoms with E-state index in [1.807, 2.05) is 53.7 Å². The number of hydrogen-bond acceptors (Lipinski definition) is 4. The Morgan fingerprint density at radius 3 is 1.28 bits per heavy atom. The van der Waals surface area contributed by atoms with Crippen LogP contribution in [0.4, 0.5) is 0 Å². The van der Waals surface area contributed by atoms with E-state index in [4.69, 9.17) is 9.47 Å². The standard InChI is InChI=1S/C26H34N2O4/c1-17-7-9-19(3)25(21(17)5)31-15-23(29)27-11-13-28(14-12-27)24(30)16-32-26-20(4)10-8-18(2)22(26)6/h7-10H,11-16H2,1-6H3. The lowest BCUT2D eigenvalue weighted by Gasteiger charge is -2.34. The van der Waals surface area contributed by atoms with Crippen molar-refractivity contribution >= 4 is 11.8 Å². The summed E-state index contributed by atoms with van der Waals surface area (Å²) in [4.78, 5) is 28.8. The Labute approximate surface area is 191 Å². The molecule has 3 rings (SSSR count). The molecule has 0 aliphatic carbocycles. The van der Waals surface area contributed by atoms with Gasteiger partial charge in [-0.25, -0.2) is 0 Å². The number of hydrogen-bond donors (Lipinski definition) is 0. The van der Waals surface area contributed by atoms with Crippen LogP contribution >= 0.6 is 0 Å². The number of nitrogens with zero attached hydrogens (tertiary/aromatic N) is 2. The lowest BCUT2D eigenvalue weighted by atomic mass is 10.1. The molecule has 2 aromatic rings. The predicted octanol–water partition coefficient (Wildman–Crippen LogP) is 3.67. The second-order valence-corrected chi connectivity index (χ2v) is 8.65. The van der Waals surface area contributed by atoms with E-state index in [-0.39, 0.29) is 25.0 Å². The Bertz CT molecular complexity index is 926. The summed E-state index contributed by atoms with van der Waals surface area (Å²) < 4.78 is 11.7. The molecular weight excluding hydrogens is 404 g/mol. The monoisotopic (exact) mass is 438 g/mol. The molecule has 0 radical (unpaired) electrons. The minimum absolute atomic E-state index is 0.00804. The van der Waals surface area contributed by atoms with E-state index in [1.54, 1.807) is 9.80 Å². The van der Waals surface area contributed by atoms with Crippen molar-refractivity contribution in [3.05, 3.63) is 57.6 Å². The first-order valence-corrected chi connectivity index (χ1v) is 11.1. The maximum atomic E-state index is 12.6. The number of benzene rings is 2. The second kappa shape index (κ2) is 10.1. The molecule has 1 fully saturated rings. The molecule has 1 aliphatic heterocycles. The highest BCUT2D eigenvalue weighted by Gasteiger charge is 2.25. The number of rotatable bonds is 6. The minimum Gasteiger partial charge on any atom is -0.483 e. The van der Waals surface area contributed by atoms with Crippen LogP contribution in [-0.2, 0) is 9.59 Å². The molecule has 1 saturated heterocycles. The van der Waals surface area contributed by atoms with Gasteiger partial charge in [-0.15, -0.1) is 0 Å². The topological polar surface area (TPSA) is 59.1 Å². The van der Waals surface area contributed by atoms with Crippen molar-refractivity contribution in [2.45, 2.75) is 41.5 Å². The van der Waals surface area contributed by atoms with Crippen LogP contribution in [0.1, 0.15) is 33.4 Å². The van der Waals surface area contributed by atoms with Crippen molar-refractivity contribution < 1.29 is 19.1 Å². The zero-order chi connectivity index (χ0) is 23.4. The number of carbonyl (C=O) groups is 2. The quantitative estimate of drug-likeness (QED) is 0.691. The molecule has 2 amide bonds. The van der Waals surface area contributed by atoms with Gasteiger partial charge in [-0.1, -0.05) is 24.3 Å². The Hall–Kier alpha value is -3.02. The molecule has 32 heavy (non-hydrogen) atoms. The van der Waals surface area contributed by atoms with E-state index in [0.717, 1.165) is 44.9 Å². The molecule has 1 heterocycles. The zero-order valence-corrected chi connectivity index (χ0v) is 20.1. The molecule has 0 aromatic heterocycles. The number of carbonyl (C=O) groups excluding carboxylic acids is 2. The maximum Gasteiger partial charge on any atom is 0.260 e. The Balaban J connectivity index is 1.48. The molecule has 2 aromatic carbocycles. The van der Waals surface area contributed by atoms with E-state index in [1.165, 1.54) is 0 Å². The third-order valence-electron chi connectivity index (χ3n) is 6.41. The van der Waals surface area contributed by atoms with Gasteiger partial charge in [-0.3, -0.25) is 9.59 Å². The molecule has 0 bridgehead atoms. The first kappa shape index (κ1) is 23.6. The van der Waals surface area contributed by atoms with Gasteiger partial charge in [0, 0.05) is 26.2 Å². The highest BCUT2D eigenvalue weighted by Crippen LogP contribution is 2.26. The number of ether oxygens (including phenoxy) is 2. The molecule has 0 unspecified atom stereocenters. The van der Waals surface area contributed by atoms with Crippen LogP contribution in [0.25, 0.3) is 0 Å². The van der Waals surface area contributed by atoms with Gasteiger partial charge < -0.3 is 19.3 Å². The molecule has 0 atom stereocenters. The van der Waals surface area contributed by atoms with Gasteiger partial charge in [0.1, 0.15) is 11.5 Å². The molecule has 6 heteroatoms. The fourth-order valence-corrected chi connectivity index (χ4v) is 3.95. The number of aryl methyl sites for hydroxylation is 4. The van der Waals surface area contributed by atoms with Gasteiger partial charge in [0.15, 0.2) is 13.2 Å². The molecule has 1 aliphatic rings. The third kappa shape index (κ3) is 5.23. The van der Waals surface area contributed by atoms with Crippen LogP contribution in [0.5, 0.6) is 11.5 Å². The zero-order valence-electron chi connectivity index (χ0n) is 20.1. The predicted molar refractivity (Wildman–Crippen MR) is 125 cm³/mol. The SMILES string of the molecule is Cc1ccc(C)c(OCC(=O)N2CCN(C(=O)COc3c(C)ccc(C)c3C)CC2)c1C. The molecule has 172 valence electrons. The first-order valence-electron chi connectivity index (χ1n) is 11.1. The van der Waals surface area contributed by atoms with E-state index in [2.05, 4.69) is 12.1 Å². The summed E-state index contributed by atoms with van der Waals surface area (Å²) in [5.74, 6) is 1.46. The minimum atomic E-state index is -0.0559. The summed E-state index contributed by atoms with van der Waals surface area (Å²) in [7, 11) is 0. The second-order valence-electron chi connectivity index (χ2n) is 8.65. The summed E-state index contributed by atoms with van der Waals surface area (Å²) in [6.45, 7) is 14.1. The van der Waals surface area contributed by atoms with E-state index >= 15 is 0 Å². The van der Waals surface area contributed by atoms with Gasteiger partial charge in [0.25, 0.3) is 11.8 Å². The van der Waals surface area contributed by atoms with Gasteiger partial charge in [-0.05, 0) is 74.9 Å². The van der Waals surface area contributed by atoms with Crippen molar-refractivity contribution in [1.29, 1.82) is 0 Å². The van der Waals surface area contributed by atoms with Crippen molar-refractivity contribution in [3.8, 4) is 11.5 Å². The summed E-state index contributed by atoms with van der Waals surface area (Å²) in [6.07, 6.45) is 0. The lowest BCUT2D eigenvalue weighted by Crippen LogP contribution is -2.52. The van der Waals surface area contributed by atoms with Crippen LogP contribution in [0, 0.1) is 41.5 Å². The van der Waals surface area contributed by atoms with Gasteiger partial charge >= 0.3 is 0 Å². The first-order chi connectivity index (χ1) is 15.2. The Morgan fingerprint density at radius 2 is 0.938 bits per heavy atom. The Morgan fingerprint density at radius 1 is 0.625 bits per heavy atom. The third-order valence-corrected chi connectivity index (χ3v) is 6.41. The summed E-state index contributed by atoms with van der Waals surface area (Å²) in [6, 6.07) is 8.13. The van der Waals surface area contributed by atoms with E-state index in [9.17, 15) is 9.59 Å². The van der Waals surface area contributed by atoms with Gasteiger partial charge in [0.05, 0.1) is 0 Å². The smallest absolute Gasteiger partial charge is 0.260 e. The van der Waals surface area contributed by atoms with Crippen LogP contribution in [0.2, 0.25) is 0 Å².